The van der Waals surface area contributed by atoms with Gasteiger partial charge in [0.15, 0.2) is 0 Å². The van der Waals surface area contributed by atoms with Crippen LogP contribution in [0.5, 0.6) is 0 Å². The zero-order valence-corrected chi connectivity index (χ0v) is 12.9. The van der Waals surface area contributed by atoms with Crippen LogP contribution in [0.1, 0.15) is 52.0 Å². The van der Waals surface area contributed by atoms with Gasteiger partial charge >= 0.3 is 0 Å². The third-order valence-electron chi connectivity index (χ3n) is 4.04. The summed E-state index contributed by atoms with van der Waals surface area (Å²) in [6.45, 7) is 8.00. The van der Waals surface area contributed by atoms with Gasteiger partial charge in [-0.1, -0.05) is 12.8 Å². The fourth-order valence-corrected chi connectivity index (χ4v) is 3.65. The van der Waals surface area contributed by atoms with Crippen molar-refractivity contribution in [2.24, 2.45) is 11.8 Å². The zero-order valence-electron chi connectivity index (χ0n) is 12.0. The maximum Gasteiger partial charge on any atom is 0.00966 e. The molecule has 1 heterocycles. The van der Waals surface area contributed by atoms with Crippen molar-refractivity contribution in [2.45, 2.75) is 58.4 Å². The Bertz CT molecular complexity index is 336. The van der Waals surface area contributed by atoms with Crippen LogP contribution in [0.2, 0.25) is 0 Å². The molecule has 2 atom stereocenters. The van der Waals surface area contributed by atoms with Crippen LogP contribution in [0.3, 0.4) is 0 Å². The fourth-order valence-electron chi connectivity index (χ4n) is 2.97. The standard InChI is InChI=1S/C16H27NS/c1-16(2,3)17-11-15-7-5-4-6-14(15)10-13-8-9-18-12-13/h8-9,12,14-15,17H,4-7,10-11H2,1-3H3. The van der Waals surface area contributed by atoms with Crippen molar-refractivity contribution >= 4 is 11.3 Å². The second-order valence-corrected chi connectivity index (χ2v) is 7.55. The molecular weight excluding hydrogens is 238 g/mol. The van der Waals surface area contributed by atoms with E-state index in [0.29, 0.717) is 0 Å². The average molecular weight is 265 g/mol. The van der Waals surface area contributed by atoms with Gasteiger partial charge in [0, 0.05) is 5.54 Å². The molecule has 1 nitrogen and oxygen atoms in total. The summed E-state index contributed by atoms with van der Waals surface area (Å²) in [4.78, 5) is 0. The highest BCUT2D eigenvalue weighted by atomic mass is 32.1. The molecule has 2 rings (SSSR count). The molecule has 0 amide bonds. The maximum atomic E-state index is 3.70. The molecule has 0 saturated heterocycles. The fraction of sp³-hybridized carbons (Fsp3) is 0.750. The summed E-state index contributed by atoms with van der Waals surface area (Å²) in [5.74, 6) is 1.76. The van der Waals surface area contributed by atoms with E-state index in [1.54, 1.807) is 5.56 Å². The molecular formula is C16H27NS. The second-order valence-electron chi connectivity index (χ2n) is 6.77. The smallest absolute Gasteiger partial charge is 0.00966 e. The molecule has 1 N–H and O–H groups in total. The van der Waals surface area contributed by atoms with E-state index >= 15 is 0 Å². The molecule has 1 aliphatic carbocycles. The Morgan fingerprint density at radius 2 is 1.94 bits per heavy atom. The monoisotopic (exact) mass is 265 g/mol. The molecule has 1 aromatic rings. The van der Waals surface area contributed by atoms with Crippen molar-refractivity contribution in [3.63, 3.8) is 0 Å². The Kier molecular flexibility index (Phi) is 4.85. The van der Waals surface area contributed by atoms with Crippen LogP contribution in [-0.2, 0) is 6.42 Å². The summed E-state index contributed by atoms with van der Waals surface area (Å²) in [6, 6.07) is 2.30. The lowest BCUT2D eigenvalue weighted by molar-refractivity contribution is 0.213. The number of hydrogen-bond acceptors (Lipinski definition) is 2. The predicted molar refractivity (Wildman–Crippen MR) is 81.2 cm³/mol. The van der Waals surface area contributed by atoms with Crippen molar-refractivity contribution in [1.82, 2.24) is 5.32 Å². The molecule has 0 radical (unpaired) electrons. The van der Waals surface area contributed by atoms with E-state index in [-0.39, 0.29) is 5.54 Å². The molecule has 102 valence electrons. The van der Waals surface area contributed by atoms with Crippen molar-refractivity contribution < 1.29 is 0 Å². The summed E-state index contributed by atoms with van der Waals surface area (Å²) in [7, 11) is 0. The van der Waals surface area contributed by atoms with Gasteiger partial charge in [0.1, 0.15) is 0 Å². The van der Waals surface area contributed by atoms with Gasteiger partial charge in [0.25, 0.3) is 0 Å². The SMILES string of the molecule is CC(C)(C)NCC1CCCCC1Cc1ccsc1. The molecule has 18 heavy (non-hydrogen) atoms. The number of hydrogen-bond donors (Lipinski definition) is 1. The first-order valence-electron chi connectivity index (χ1n) is 7.31. The van der Waals surface area contributed by atoms with Gasteiger partial charge in [-0.3, -0.25) is 0 Å². The van der Waals surface area contributed by atoms with Crippen LogP contribution in [0.4, 0.5) is 0 Å². The molecule has 1 fully saturated rings. The van der Waals surface area contributed by atoms with Gasteiger partial charge in [-0.15, -0.1) is 0 Å². The third kappa shape index (κ3) is 4.40. The minimum atomic E-state index is 0.254. The quantitative estimate of drug-likeness (QED) is 0.846. The van der Waals surface area contributed by atoms with Crippen molar-refractivity contribution in [2.75, 3.05) is 6.54 Å². The van der Waals surface area contributed by atoms with Gasteiger partial charge in [-0.25, -0.2) is 0 Å². The third-order valence-corrected chi connectivity index (χ3v) is 4.77. The van der Waals surface area contributed by atoms with Crippen molar-refractivity contribution in [3.8, 4) is 0 Å². The van der Waals surface area contributed by atoms with Gasteiger partial charge in [-0.2, -0.15) is 11.3 Å². The second kappa shape index (κ2) is 6.21. The summed E-state index contributed by atoms with van der Waals surface area (Å²) in [5.41, 5.74) is 1.80. The molecule has 2 unspecified atom stereocenters. The van der Waals surface area contributed by atoms with E-state index < -0.39 is 0 Å². The van der Waals surface area contributed by atoms with Gasteiger partial charge in [0.2, 0.25) is 0 Å². The van der Waals surface area contributed by atoms with Crippen LogP contribution in [-0.4, -0.2) is 12.1 Å². The van der Waals surface area contributed by atoms with E-state index in [1.165, 1.54) is 38.6 Å². The first kappa shape index (κ1) is 14.1. The highest BCUT2D eigenvalue weighted by molar-refractivity contribution is 7.07. The largest absolute Gasteiger partial charge is 0.312 e. The number of rotatable bonds is 4. The van der Waals surface area contributed by atoms with E-state index in [1.807, 2.05) is 11.3 Å². The normalized spacial score (nSPS) is 25.3. The molecule has 0 aromatic carbocycles. The van der Waals surface area contributed by atoms with Gasteiger partial charge < -0.3 is 5.32 Å². The summed E-state index contributed by atoms with van der Waals surface area (Å²) >= 11 is 1.83. The first-order valence-corrected chi connectivity index (χ1v) is 8.25. The van der Waals surface area contributed by atoms with Crippen LogP contribution in [0, 0.1) is 11.8 Å². The van der Waals surface area contributed by atoms with Crippen LogP contribution < -0.4 is 5.32 Å². The Balaban J connectivity index is 1.89. The van der Waals surface area contributed by atoms with Crippen molar-refractivity contribution in [3.05, 3.63) is 22.4 Å². The van der Waals surface area contributed by atoms with Crippen molar-refractivity contribution in [1.29, 1.82) is 0 Å². The topological polar surface area (TPSA) is 12.0 Å². The molecule has 1 saturated carbocycles. The molecule has 1 aromatic heterocycles. The summed E-state index contributed by atoms with van der Waals surface area (Å²) < 4.78 is 0. The highest BCUT2D eigenvalue weighted by Crippen LogP contribution is 2.32. The average Bonchev–Trinajstić information content (AvgIpc) is 2.80. The van der Waals surface area contributed by atoms with E-state index in [2.05, 4.69) is 42.9 Å². The van der Waals surface area contributed by atoms with E-state index in [0.717, 1.165) is 11.8 Å². The van der Waals surface area contributed by atoms with Gasteiger partial charge in [-0.05, 0) is 80.8 Å². The lowest BCUT2D eigenvalue weighted by Crippen LogP contribution is -2.41. The Morgan fingerprint density at radius 1 is 1.22 bits per heavy atom. The molecule has 2 heteroatoms. The van der Waals surface area contributed by atoms with E-state index in [9.17, 15) is 0 Å². The Morgan fingerprint density at radius 3 is 2.56 bits per heavy atom. The highest BCUT2D eigenvalue weighted by Gasteiger charge is 2.26. The molecule has 0 aliphatic heterocycles. The summed E-state index contributed by atoms with van der Waals surface area (Å²) in [5, 5.41) is 8.23. The molecule has 0 spiro atoms. The minimum absolute atomic E-state index is 0.254. The predicted octanol–water partition coefficient (Wildman–Crippen LogP) is 4.49. The minimum Gasteiger partial charge on any atom is -0.312 e. The van der Waals surface area contributed by atoms with Crippen LogP contribution >= 0.6 is 11.3 Å². The number of nitrogens with one attached hydrogen (secondary N) is 1. The van der Waals surface area contributed by atoms with Gasteiger partial charge in [0.05, 0.1) is 0 Å². The maximum absolute atomic E-state index is 3.70. The van der Waals surface area contributed by atoms with Crippen LogP contribution in [0.25, 0.3) is 0 Å². The lowest BCUT2D eigenvalue weighted by atomic mass is 9.76. The Hall–Kier alpha value is -0.340. The van der Waals surface area contributed by atoms with E-state index in [4.69, 9.17) is 0 Å². The first-order chi connectivity index (χ1) is 8.54. The number of thiophene rings is 1. The lowest BCUT2D eigenvalue weighted by Gasteiger charge is -2.34. The van der Waals surface area contributed by atoms with Crippen LogP contribution in [0.15, 0.2) is 16.8 Å². The zero-order chi connectivity index (χ0) is 13.0. The summed E-state index contributed by atoms with van der Waals surface area (Å²) in [6.07, 6.45) is 6.99. The molecule has 1 aliphatic rings. The Labute approximate surface area is 116 Å². The molecule has 0 bridgehead atoms.